The lowest BCUT2D eigenvalue weighted by Crippen LogP contribution is -2.47. The molecule has 4 rings (SSSR count). The zero-order valence-electron chi connectivity index (χ0n) is 15.4. The van der Waals surface area contributed by atoms with Gasteiger partial charge in [0.2, 0.25) is 5.95 Å². The quantitative estimate of drug-likeness (QED) is 0.605. The second-order valence-corrected chi connectivity index (χ2v) is 6.94. The number of aromatic nitrogens is 4. The van der Waals surface area contributed by atoms with E-state index in [1.807, 2.05) is 6.07 Å². The molecule has 1 fully saturated rings. The highest BCUT2D eigenvalue weighted by Gasteiger charge is 2.21. The molecular weight excluding hydrogens is 344 g/mol. The molecule has 1 amide bonds. The largest absolute Gasteiger partial charge is 0.351 e. The topological polar surface area (TPSA) is 102 Å². The van der Waals surface area contributed by atoms with Crippen LogP contribution in [-0.2, 0) is 13.0 Å². The predicted octanol–water partition coefficient (Wildman–Crippen LogP) is -0.212. The molecule has 0 spiro atoms. The van der Waals surface area contributed by atoms with E-state index in [9.17, 15) is 4.79 Å². The van der Waals surface area contributed by atoms with Gasteiger partial charge in [0.1, 0.15) is 0 Å². The van der Waals surface area contributed by atoms with Crippen molar-refractivity contribution < 1.29 is 4.79 Å². The third-order valence-corrected chi connectivity index (χ3v) is 5.17. The summed E-state index contributed by atoms with van der Waals surface area (Å²) in [6.07, 6.45) is 5.39. The maximum absolute atomic E-state index is 12.4. The summed E-state index contributed by atoms with van der Waals surface area (Å²) in [6, 6.07) is 1.84. The van der Waals surface area contributed by atoms with Gasteiger partial charge in [-0.15, -0.1) is 0 Å². The van der Waals surface area contributed by atoms with E-state index in [2.05, 4.69) is 40.6 Å². The van der Waals surface area contributed by atoms with Crippen molar-refractivity contribution in [2.45, 2.75) is 19.4 Å². The van der Waals surface area contributed by atoms with Gasteiger partial charge in [-0.25, -0.2) is 9.97 Å². The van der Waals surface area contributed by atoms with Crippen LogP contribution < -0.4 is 15.5 Å². The summed E-state index contributed by atoms with van der Waals surface area (Å²) >= 11 is 0. The molecule has 2 aromatic rings. The summed E-state index contributed by atoms with van der Waals surface area (Å²) in [5, 5.41) is 13.5. The van der Waals surface area contributed by atoms with E-state index in [0.717, 1.165) is 69.3 Å². The van der Waals surface area contributed by atoms with Crippen LogP contribution in [0.15, 0.2) is 18.5 Å². The van der Waals surface area contributed by atoms with Gasteiger partial charge in [-0.3, -0.25) is 14.8 Å². The van der Waals surface area contributed by atoms with Crippen LogP contribution in [0.25, 0.3) is 0 Å². The van der Waals surface area contributed by atoms with E-state index in [4.69, 9.17) is 0 Å². The highest BCUT2D eigenvalue weighted by atomic mass is 16.1. The summed E-state index contributed by atoms with van der Waals surface area (Å²) in [4.78, 5) is 25.6. The van der Waals surface area contributed by atoms with E-state index < -0.39 is 0 Å². The highest BCUT2D eigenvalue weighted by molar-refractivity contribution is 5.94. The van der Waals surface area contributed by atoms with Crippen LogP contribution in [-0.4, -0.2) is 76.8 Å². The van der Waals surface area contributed by atoms with Gasteiger partial charge in [-0.1, -0.05) is 0 Å². The molecule has 3 N–H and O–H groups in total. The molecular formula is C18H26N8O. The molecule has 4 heterocycles. The Bertz CT molecular complexity index is 754. The fraction of sp³-hybridized carbons (Fsp3) is 0.556. The first-order valence-corrected chi connectivity index (χ1v) is 9.60. The van der Waals surface area contributed by atoms with Crippen molar-refractivity contribution in [2.24, 2.45) is 0 Å². The van der Waals surface area contributed by atoms with E-state index in [-0.39, 0.29) is 5.91 Å². The molecule has 0 atom stereocenters. The van der Waals surface area contributed by atoms with Gasteiger partial charge in [0, 0.05) is 75.9 Å². The number of nitrogens with zero attached hydrogens (tertiary/aromatic N) is 5. The minimum Gasteiger partial charge on any atom is -0.351 e. The number of H-pyrrole nitrogens is 1. The molecule has 9 nitrogen and oxygen atoms in total. The lowest BCUT2D eigenvalue weighted by molar-refractivity contribution is 0.0945. The zero-order chi connectivity index (χ0) is 18.5. The number of carbonyl (C=O) groups is 1. The molecule has 0 saturated carbocycles. The first-order valence-electron chi connectivity index (χ1n) is 9.60. The van der Waals surface area contributed by atoms with Crippen molar-refractivity contribution in [3.05, 3.63) is 35.4 Å². The maximum atomic E-state index is 12.4. The summed E-state index contributed by atoms with van der Waals surface area (Å²) in [7, 11) is 0. The van der Waals surface area contributed by atoms with Gasteiger partial charge in [-0.05, 0) is 19.0 Å². The van der Waals surface area contributed by atoms with Crippen molar-refractivity contribution in [3.63, 3.8) is 0 Å². The molecule has 2 aliphatic rings. The zero-order valence-corrected chi connectivity index (χ0v) is 15.4. The summed E-state index contributed by atoms with van der Waals surface area (Å²) in [5.74, 6) is 0.725. The number of piperazine rings is 1. The van der Waals surface area contributed by atoms with Gasteiger partial charge < -0.3 is 15.5 Å². The van der Waals surface area contributed by atoms with E-state index in [0.29, 0.717) is 18.8 Å². The molecule has 2 aromatic heterocycles. The lowest BCUT2D eigenvalue weighted by Gasteiger charge is -2.34. The van der Waals surface area contributed by atoms with Crippen LogP contribution in [0.3, 0.4) is 0 Å². The first kappa shape index (κ1) is 17.9. The number of rotatable bonds is 6. The molecule has 0 aromatic carbocycles. The average molecular weight is 370 g/mol. The monoisotopic (exact) mass is 370 g/mol. The van der Waals surface area contributed by atoms with Crippen LogP contribution in [0.5, 0.6) is 0 Å². The van der Waals surface area contributed by atoms with Crippen LogP contribution >= 0.6 is 0 Å². The molecule has 1 saturated heterocycles. The SMILES string of the molecule is O=C(NCCCN1CCN(c2ncccn2)CC1)c1n[nH]c2c1CNCC2. The number of nitrogens with one attached hydrogen (secondary N) is 3. The Balaban J connectivity index is 1.17. The van der Waals surface area contributed by atoms with E-state index in [1.54, 1.807) is 12.4 Å². The molecule has 2 aliphatic heterocycles. The predicted molar refractivity (Wildman–Crippen MR) is 102 cm³/mol. The molecule has 27 heavy (non-hydrogen) atoms. The van der Waals surface area contributed by atoms with E-state index in [1.165, 1.54) is 0 Å². The van der Waals surface area contributed by atoms with Crippen LogP contribution in [0.4, 0.5) is 5.95 Å². The summed E-state index contributed by atoms with van der Waals surface area (Å²) in [5.41, 5.74) is 2.63. The molecule has 0 unspecified atom stereocenters. The van der Waals surface area contributed by atoms with Crippen molar-refractivity contribution in [2.75, 3.05) is 50.7 Å². The van der Waals surface area contributed by atoms with Crippen molar-refractivity contribution >= 4 is 11.9 Å². The Kier molecular flexibility index (Phi) is 5.59. The van der Waals surface area contributed by atoms with Gasteiger partial charge in [0.15, 0.2) is 5.69 Å². The minimum absolute atomic E-state index is 0.0813. The van der Waals surface area contributed by atoms with Gasteiger partial charge in [0.25, 0.3) is 5.91 Å². The van der Waals surface area contributed by atoms with Crippen molar-refractivity contribution in [1.29, 1.82) is 0 Å². The summed E-state index contributed by atoms with van der Waals surface area (Å²) < 4.78 is 0. The third-order valence-electron chi connectivity index (χ3n) is 5.17. The average Bonchev–Trinajstić information content (AvgIpc) is 3.16. The van der Waals surface area contributed by atoms with Crippen LogP contribution in [0, 0.1) is 0 Å². The number of aromatic amines is 1. The number of hydrogen-bond donors (Lipinski definition) is 3. The minimum atomic E-state index is -0.0813. The Labute approximate surface area is 158 Å². The Morgan fingerprint density at radius 1 is 1.19 bits per heavy atom. The number of fused-ring (bicyclic) bond motifs is 1. The Hall–Kier alpha value is -2.52. The van der Waals surface area contributed by atoms with Crippen LogP contribution in [0.2, 0.25) is 0 Å². The van der Waals surface area contributed by atoms with Gasteiger partial charge in [-0.2, -0.15) is 5.10 Å². The summed E-state index contributed by atoms with van der Waals surface area (Å²) in [6.45, 7) is 7.13. The fourth-order valence-corrected chi connectivity index (χ4v) is 3.63. The van der Waals surface area contributed by atoms with Gasteiger partial charge in [0.05, 0.1) is 0 Å². The number of hydrogen-bond acceptors (Lipinski definition) is 7. The molecule has 144 valence electrons. The molecule has 0 radical (unpaired) electrons. The normalized spacial score (nSPS) is 17.6. The fourth-order valence-electron chi connectivity index (χ4n) is 3.63. The van der Waals surface area contributed by atoms with Crippen molar-refractivity contribution in [3.8, 4) is 0 Å². The first-order chi connectivity index (χ1) is 13.3. The molecule has 0 aliphatic carbocycles. The smallest absolute Gasteiger partial charge is 0.272 e. The Morgan fingerprint density at radius 3 is 2.81 bits per heavy atom. The van der Waals surface area contributed by atoms with Crippen molar-refractivity contribution in [1.82, 2.24) is 35.7 Å². The third kappa shape index (κ3) is 4.25. The number of amides is 1. The second-order valence-electron chi connectivity index (χ2n) is 6.94. The standard InChI is InChI=1S/C18H26N8O/c27-17(16-14-13-19-7-3-15(14)23-24-16)20-6-2-8-25-9-11-26(12-10-25)18-21-4-1-5-22-18/h1,4-5,19H,2-3,6-13H2,(H,20,27)(H,23,24). The maximum Gasteiger partial charge on any atom is 0.272 e. The lowest BCUT2D eigenvalue weighted by atomic mass is 10.1. The molecule has 0 bridgehead atoms. The van der Waals surface area contributed by atoms with Crippen LogP contribution in [0.1, 0.15) is 28.2 Å². The highest BCUT2D eigenvalue weighted by Crippen LogP contribution is 2.15. The number of carbonyl (C=O) groups excluding carboxylic acids is 1. The van der Waals surface area contributed by atoms with Gasteiger partial charge >= 0.3 is 0 Å². The second kappa shape index (κ2) is 8.45. The molecule has 9 heteroatoms. The number of anilines is 1. The van der Waals surface area contributed by atoms with E-state index >= 15 is 0 Å². The Morgan fingerprint density at radius 2 is 2.00 bits per heavy atom.